The first kappa shape index (κ1) is 61.7. The summed E-state index contributed by atoms with van der Waals surface area (Å²) in [6, 6.07) is -2.58. The maximum atomic E-state index is 13.0. The van der Waals surface area contributed by atoms with E-state index in [2.05, 4.69) is 24.5 Å². The van der Waals surface area contributed by atoms with E-state index in [1.165, 1.54) is 149 Å². The lowest BCUT2D eigenvalue weighted by molar-refractivity contribution is -0.366. The summed E-state index contributed by atoms with van der Waals surface area (Å²) < 4.78 is 37.6. The second-order valence-electron chi connectivity index (χ2n) is 20.3. The topological polar surface area (TPSA) is 255 Å². The van der Waals surface area contributed by atoms with E-state index in [9.17, 15) is 45.3 Å². The van der Waals surface area contributed by atoms with Gasteiger partial charge in [0.1, 0.15) is 67.0 Å². The average Bonchev–Trinajstić information content (AvgIpc) is 3.32. The molecule has 406 valence electrons. The van der Waals surface area contributed by atoms with Crippen molar-refractivity contribution in [3.63, 3.8) is 0 Å². The molecule has 3 aliphatic rings. The van der Waals surface area contributed by atoms with Crippen LogP contribution in [0.4, 0.5) is 0 Å². The summed E-state index contributed by atoms with van der Waals surface area (Å²) >= 11 is 0. The number of amides is 2. The molecule has 0 aliphatic carbocycles. The Balaban J connectivity index is 1.80. The third-order valence-corrected chi connectivity index (χ3v) is 14.3. The van der Waals surface area contributed by atoms with E-state index in [1.807, 2.05) is 0 Å². The Morgan fingerprint density at radius 2 is 0.899 bits per heavy atom. The average molecular weight is 991 g/mol. The van der Waals surface area contributed by atoms with Crippen LogP contribution in [0, 0.1) is 5.92 Å². The maximum Gasteiger partial charge on any atom is 0.217 e. The highest BCUT2D eigenvalue weighted by Gasteiger charge is 2.55. The van der Waals surface area contributed by atoms with Crippen molar-refractivity contribution in [3.05, 3.63) is 0 Å². The Labute approximate surface area is 414 Å². The summed E-state index contributed by atoms with van der Waals surface area (Å²) in [5, 5.41) is 80.5. The van der Waals surface area contributed by atoms with Crippen LogP contribution < -0.4 is 10.6 Å². The Morgan fingerprint density at radius 3 is 1.35 bits per heavy atom. The smallest absolute Gasteiger partial charge is 0.217 e. The minimum Gasteiger partial charge on any atom is -0.394 e. The first-order valence-corrected chi connectivity index (χ1v) is 27.3. The molecule has 3 rings (SSSR count). The summed E-state index contributed by atoms with van der Waals surface area (Å²) in [6.45, 7) is 7.34. The number of carbonyl (C=O) groups excluding carboxylic acids is 2. The van der Waals surface area contributed by atoms with Gasteiger partial charge in [-0.1, -0.05) is 168 Å². The molecule has 17 nitrogen and oxygen atoms in total. The highest BCUT2D eigenvalue weighted by atomic mass is 16.8. The number of nitrogens with one attached hydrogen (secondary N) is 2. The van der Waals surface area contributed by atoms with Crippen molar-refractivity contribution in [1.82, 2.24) is 10.6 Å². The van der Waals surface area contributed by atoms with E-state index >= 15 is 0 Å². The molecule has 0 aromatic heterocycles. The van der Waals surface area contributed by atoms with Gasteiger partial charge in [0.05, 0.1) is 25.9 Å². The monoisotopic (exact) mass is 991 g/mol. The summed E-state index contributed by atoms with van der Waals surface area (Å²) in [5.74, 6) is -0.935. The minimum atomic E-state index is -1.77. The van der Waals surface area contributed by atoms with Crippen LogP contribution in [-0.2, 0) is 38.0 Å². The van der Waals surface area contributed by atoms with Crippen LogP contribution >= 0.6 is 0 Å². The molecule has 15 atom stereocenters. The van der Waals surface area contributed by atoms with Gasteiger partial charge in [-0.15, -0.1) is 0 Å². The van der Waals surface area contributed by atoms with Gasteiger partial charge in [0.25, 0.3) is 0 Å². The zero-order valence-electron chi connectivity index (χ0n) is 43.1. The Bertz CT molecular complexity index is 1310. The van der Waals surface area contributed by atoms with Crippen LogP contribution in [0.25, 0.3) is 0 Å². The Kier molecular flexibility index (Phi) is 31.8. The summed E-state index contributed by atoms with van der Waals surface area (Å²) in [5.41, 5.74) is 0. The highest BCUT2D eigenvalue weighted by molar-refractivity contribution is 5.73. The van der Waals surface area contributed by atoms with E-state index in [4.69, 9.17) is 28.4 Å². The Morgan fingerprint density at radius 1 is 0.478 bits per heavy atom. The van der Waals surface area contributed by atoms with Crippen molar-refractivity contribution in [3.8, 4) is 0 Å². The van der Waals surface area contributed by atoms with Crippen molar-refractivity contribution in [1.29, 1.82) is 0 Å². The fourth-order valence-electron chi connectivity index (χ4n) is 10.0. The molecule has 2 amide bonds. The van der Waals surface area contributed by atoms with Gasteiger partial charge in [-0.05, 0) is 25.7 Å². The summed E-state index contributed by atoms with van der Waals surface area (Å²) in [7, 11) is 0. The predicted molar refractivity (Wildman–Crippen MR) is 262 cm³/mol. The molecule has 0 spiro atoms. The van der Waals surface area contributed by atoms with Crippen molar-refractivity contribution < 1.29 is 73.8 Å². The molecule has 3 fully saturated rings. The SMILES string of the molecule is CCCCCCCCCCCCCCC(CCCCCCCCCCCCCC)CO[C@@H]1O[C@H](CO)[C@@H](O[C@@H]2O[C@H](CO)[C@H](O)[C@H](O)[C@H]2NC(C)=O)[C@H](O[C@H]2O[C@@H](C)[C@@H](O)[C@@H](O)[C@@H]2O)[C@H]1NC(C)=O. The molecular formula is C52H98N2O15. The fraction of sp³-hybridized carbons (Fsp3) is 0.962. The van der Waals surface area contributed by atoms with E-state index in [0.717, 1.165) is 38.5 Å². The van der Waals surface area contributed by atoms with Crippen molar-refractivity contribution in [2.45, 2.75) is 294 Å². The number of ether oxygens (including phenoxy) is 6. The Hall–Kier alpha value is -1.58. The second-order valence-corrected chi connectivity index (χ2v) is 20.3. The molecule has 0 bridgehead atoms. The van der Waals surface area contributed by atoms with Crippen LogP contribution in [0.2, 0.25) is 0 Å². The lowest BCUT2D eigenvalue weighted by Gasteiger charge is -2.50. The molecular weight excluding hydrogens is 893 g/mol. The third-order valence-electron chi connectivity index (χ3n) is 14.3. The van der Waals surface area contributed by atoms with Crippen LogP contribution in [-0.4, -0.2) is 159 Å². The summed E-state index contributed by atoms with van der Waals surface area (Å²) in [6.07, 6.45) is 12.9. The number of unbranched alkanes of at least 4 members (excludes halogenated alkanes) is 22. The molecule has 9 N–H and O–H groups in total. The number of hydrogen-bond acceptors (Lipinski definition) is 15. The van der Waals surface area contributed by atoms with Crippen molar-refractivity contribution >= 4 is 11.8 Å². The van der Waals surface area contributed by atoms with Crippen LogP contribution in [0.3, 0.4) is 0 Å². The van der Waals surface area contributed by atoms with E-state index in [-0.39, 0.29) is 12.5 Å². The molecule has 0 unspecified atom stereocenters. The quantitative estimate of drug-likeness (QED) is 0.0345. The fourth-order valence-corrected chi connectivity index (χ4v) is 10.0. The van der Waals surface area contributed by atoms with E-state index in [0.29, 0.717) is 0 Å². The van der Waals surface area contributed by atoms with Gasteiger partial charge in [0.2, 0.25) is 11.8 Å². The molecule has 17 heteroatoms. The van der Waals surface area contributed by atoms with Gasteiger partial charge in [0, 0.05) is 13.8 Å². The van der Waals surface area contributed by atoms with Gasteiger partial charge in [-0.25, -0.2) is 0 Å². The first-order chi connectivity index (χ1) is 33.3. The maximum absolute atomic E-state index is 13.0. The van der Waals surface area contributed by atoms with Gasteiger partial charge in [0.15, 0.2) is 18.9 Å². The molecule has 3 saturated heterocycles. The van der Waals surface area contributed by atoms with Crippen LogP contribution in [0.5, 0.6) is 0 Å². The molecule has 0 radical (unpaired) electrons. The number of aliphatic hydroxyl groups excluding tert-OH is 7. The van der Waals surface area contributed by atoms with Gasteiger partial charge >= 0.3 is 0 Å². The van der Waals surface area contributed by atoms with Gasteiger partial charge in [-0.3, -0.25) is 9.59 Å². The normalized spacial score (nSPS) is 31.8. The van der Waals surface area contributed by atoms with Crippen LogP contribution in [0.1, 0.15) is 202 Å². The lowest BCUT2D eigenvalue weighted by atomic mass is 9.93. The van der Waals surface area contributed by atoms with E-state index in [1.54, 1.807) is 0 Å². The first-order valence-electron chi connectivity index (χ1n) is 27.3. The number of hydrogen-bond donors (Lipinski definition) is 9. The highest BCUT2D eigenvalue weighted by Crippen LogP contribution is 2.35. The number of aliphatic hydroxyl groups is 7. The molecule has 0 aromatic carbocycles. The van der Waals surface area contributed by atoms with E-state index < -0.39 is 117 Å². The van der Waals surface area contributed by atoms with Crippen molar-refractivity contribution in [2.24, 2.45) is 5.92 Å². The number of carbonyl (C=O) groups is 2. The molecule has 69 heavy (non-hydrogen) atoms. The molecule has 0 aromatic rings. The second kappa shape index (κ2) is 35.6. The lowest BCUT2D eigenvalue weighted by Crippen LogP contribution is -2.70. The largest absolute Gasteiger partial charge is 0.394 e. The predicted octanol–water partition coefficient (Wildman–Crippen LogP) is 5.57. The third kappa shape index (κ3) is 22.2. The summed E-state index contributed by atoms with van der Waals surface area (Å²) in [4.78, 5) is 25.3. The van der Waals surface area contributed by atoms with Gasteiger partial charge < -0.3 is 74.8 Å². The minimum absolute atomic E-state index is 0.164. The molecule has 3 aliphatic heterocycles. The standard InChI is InChI=1S/C52H98N2O15/c1-6-8-10-12-14-16-18-20-22-24-26-28-30-38(31-29-27-25-23-21-19-17-15-13-11-9-7-2)34-64-50-42(54-37(5)58)49(69-52-47(63)46(62)43(59)35(3)65-52)48(40(33-56)67-50)68-51-41(53-36(4)57)45(61)44(60)39(32-55)66-51/h35,38-52,55-56,59-63H,6-34H2,1-5H3,(H,53,57)(H,54,58)/t35-,39+,40+,41+,42+,43+,44-,45+,46+,47-,48+,49+,50+,51-,52+/m0/s1. The zero-order valence-corrected chi connectivity index (χ0v) is 43.1. The van der Waals surface area contributed by atoms with Crippen molar-refractivity contribution in [2.75, 3.05) is 19.8 Å². The molecule has 3 heterocycles. The zero-order chi connectivity index (χ0) is 50.6. The van der Waals surface area contributed by atoms with Crippen LogP contribution in [0.15, 0.2) is 0 Å². The number of rotatable bonds is 37. The molecule has 0 saturated carbocycles. The van der Waals surface area contributed by atoms with Gasteiger partial charge in [-0.2, -0.15) is 0 Å².